The maximum atomic E-state index is 11.7. The Morgan fingerprint density at radius 1 is 1.07 bits per heavy atom. The minimum atomic E-state index is -0.416. The highest BCUT2D eigenvalue weighted by Crippen LogP contribution is 2.40. The lowest BCUT2D eigenvalue weighted by molar-refractivity contribution is -0.161. The van der Waals surface area contributed by atoms with Crippen LogP contribution in [0.15, 0.2) is 81.1 Å². The van der Waals surface area contributed by atoms with E-state index in [4.69, 9.17) is 14.2 Å². The van der Waals surface area contributed by atoms with Crippen molar-refractivity contribution < 1.29 is 19.0 Å². The second-order valence-corrected chi connectivity index (χ2v) is 8.30. The van der Waals surface area contributed by atoms with E-state index in [1.54, 1.807) is 23.5 Å². The van der Waals surface area contributed by atoms with Gasteiger partial charge in [0.2, 0.25) is 6.29 Å². The van der Waals surface area contributed by atoms with Crippen LogP contribution >= 0.6 is 23.5 Å². The van der Waals surface area contributed by atoms with Crippen LogP contribution in [-0.4, -0.2) is 30.7 Å². The van der Waals surface area contributed by atoms with E-state index in [2.05, 4.69) is 12.1 Å². The zero-order valence-corrected chi connectivity index (χ0v) is 17.6. The summed E-state index contributed by atoms with van der Waals surface area (Å²) in [6.07, 6.45) is -0.303. The number of ether oxygens (including phenoxy) is 3. The summed E-state index contributed by atoms with van der Waals surface area (Å²) in [5.41, 5.74) is 0. The van der Waals surface area contributed by atoms with Gasteiger partial charge in [0, 0.05) is 23.3 Å². The van der Waals surface area contributed by atoms with Gasteiger partial charge in [0.25, 0.3) is 0 Å². The topological polar surface area (TPSA) is 44.8 Å². The average molecular weight is 417 g/mol. The molecule has 1 aliphatic rings. The summed E-state index contributed by atoms with van der Waals surface area (Å²) in [5.74, 6) is 1.14. The Balaban J connectivity index is 1.88. The number of thioether (sulfide) groups is 2. The van der Waals surface area contributed by atoms with Gasteiger partial charge in [0.15, 0.2) is 0 Å². The molecule has 2 aromatic rings. The predicted molar refractivity (Wildman–Crippen MR) is 113 cm³/mol. The molecule has 3 rings (SSSR count). The first-order chi connectivity index (χ1) is 13.7. The van der Waals surface area contributed by atoms with Crippen LogP contribution in [-0.2, 0) is 19.0 Å². The fraction of sp³-hybridized carbons (Fsp3) is 0.318. The minimum absolute atomic E-state index is 0.302. The van der Waals surface area contributed by atoms with Gasteiger partial charge in [-0.25, -0.2) is 0 Å². The molecule has 0 saturated heterocycles. The van der Waals surface area contributed by atoms with Crippen LogP contribution in [0.4, 0.5) is 0 Å². The highest BCUT2D eigenvalue weighted by molar-refractivity contribution is 8.03. The number of carbonyl (C=O) groups excluding carboxylic acids is 1. The molecule has 0 aliphatic carbocycles. The number of rotatable bonds is 8. The molecular formula is C22H24O4S2. The van der Waals surface area contributed by atoms with Gasteiger partial charge in [-0.1, -0.05) is 48.2 Å². The maximum Gasteiger partial charge on any atom is 0.303 e. The van der Waals surface area contributed by atoms with Crippen LogP contribution in [0, 0.1) is 0 Å². The summed E-state index contributed by atoms with van der Waals surface area (Å²) in [5, 5.41) is 0. The molecule has 0 aromatic heterocycles. The normalized spacial score (nSPS) is 19.2. The quantitative estimate of drug-likeness (QED) is 0.418. The van der Waals surface area contributed by atoms with E-state index in [1.165, 1.54) is 6.92 Å². The van der Waals surface area contributed by atoms with E-state index in [1.807, 2.05) is 55.5 Å². The van der Waals surface area contributed by atoms with Crippen molar-refractivity contribution in [2.45, 2.75) is 42.5 Å². The highest BCUT2D eigenvalue weighted by atomic mass is 32.2. The second-order valence-electron chi connectivity index (χ2n) is 6.14. The first kappa shape index (κ1) is 20.8. The van der Waals surface area contributed by atoms with Gasteiger partial charge < -0.3 is 14.2 Å². The van der Waals surface area contributed by atoms with E-state index < -0.39 is 6.29 Å². The summed E-state index contributed by atoms with van der Waals surface area (Å²) in [7, 11) is 0. The van der Waals surface area contributed by atoms with Crippen LogP contribution in [0.5, 0.6) is 0 Å². The number of hydrogen-bond donors (Lipinski definition) is 0. The molecule has 0 fully saturated rings. The van der Waals surface area contributed by atoms with E-state index in [0.29, 0.717) is 18.8 Å². The predicted octanol–water partition coefficient (Wildman–Crippen LogP) is 5.50. The molecule has 0 N–H and O–H groups in total. The molecular weight excluding hydrogens is 392 g/mol. The Labute approximate surface area is 174 Å². The van der Waals surface area contributed by atoms with Crippen molar-refractivity contribution in [1.82, 2.24) is 0 Å². The molecule has 0 spiro atoms. The number of benzene rings is 2. The Bertz CT molecular complexity index is 793. The van der Waals surface area contributed by atoms with Gasteiger partial charge in [-0.15, -0.1) is 11.8 Å². The smallest absolute Gasteiger partial charge is 0.303 e. The Morgan fingerprint density at radius 3 is 2.32 bits per heavy atom. The molecule has 6 heteroatoms. The third-order valence-corrected chi connectivity index (χ3v) is 6.22. The van der Waals surface area contributed by atoms with Crippen LogP contribution in [0.2, 0.25) is 0 Å². The molecule has 2 aromatic carbocycles. The lowest BCUT2D eigenvalue weighted by Crippen LogP contribution is -2.33. The number of esters is 1. The lowest BCUT2D eigenvalue weighted by Gasteiger charge is -2.33. The molecule has 0 radical (unpaired) electrons. The SMILES string of the molecule is CCO[C@@H]1C[C@@H](OC(C)=O)C(Sc2ccccc2)=C(CSc2ccccc2)O1. The summed E-state index contributed by atoms with van der Waals surface area (Å²) in [6.45, 7) is 3.91. The Morgan fingerprint density at radius 2 is 1.71 bits per heavy atom. The van der Waals surface area contributed by atoms with Crippen molar-refractivity contribution in [3.63, 3.8) is 0 Å². The van der Waals surface area contributed by atoms with Gasteiger partial charge in [0.1, 0.15) is 11.9 Å². The molecule has 0 saturated carbocycles. The molecule has 2 atom stereocenters. The summed E-state index contributed by atoms with van der Waals surface area (Å²) in [4.78, 5) is 14.9. The third kappa shape index (κ3) is 6.06. The van der Waals surface area contributed by atoms with Crippen molar-refractivity contribution in [2.24, 2.45) is 0 Å². The first-order valence-corrected chi connectivity index (χ1v) is 11.0. The van der Waals surface area contributed by atoms with Gasteiger partial charge in [0.05, 0.1) is 17.1 Å². The zero-order valence-electron chi connectivity index (χ0n) is 16.0. The van der Waals surface area contributed by atoms with Crippen molar-refractivity contribution in [3.05, 3.63) is 71.3 Å². The molecule has 4 nitrogen and oxygen atoms in total. The minimum Gasteiger partial charge on any atom is -0.467 e. The summed E-state index contributed by atoms with van der Waals surface area (Å²) in [6, 6.07) is 20.2. The first-order valence-electron chi connectivity index (χ1n) is 9.25. The highest BCUT2D eigenvalue weighted by Gasteiger charge is 2.34. The Hall–Kier alpha value is -1.89. The largest absolute Gasteiger partial charge is 0.467 e. The van der Waals surface area contributed by atoms with Gasteiger partial charge >= 0.3 is 5.97 Å². The number of hydrogen-bond acceptors (Lipinski definition) is 6. The van der Waals surface area contributed by atoms with Crippen molar-refractivity contribution >= 4 is 29.5 Å². The van der Waals surface area contributed by atoms with Crippen molar-refractivity contribution in [1.29, 1.82) is 0 Å². The standard InChI is InChI=1S/C22H24O4S2/c1-3-24-21-14-19(25-16(2)23)22(28-18-12-8-5-9-13-18)20(26-21)15-27-17-10-6-4-7-11-17/h4-13,19,21H,3,14-15H2,1-2H3/t19-,21+/m1/s1. The molecule has 0 unspecified atom stereocenters. The van der Waals surface area contributed by atoms with E-state index >= 15 is 0 Å². The fourth-order valence-corrected chi connectivity index (χ4v) is 4.84. The van der Waals surface area contributed by atoms with E-state index in [9.17, 15) is 4.79 Å². The van der Waals surface area contributed by atoms with E-state index in [0.717, 1.165) is 20.5 Å². The van der Waals surface area contributed by atoms with Gasteiger partial charge in [-0.3, -0.25) is 4.79 Å². The number of carbonyl (C=O) groups is 1. The van der Waals surface area contributed by atoms with Gasteiger partial charge in [-0.05, 0) is 31.2 Å². The van der Waals surface area contributed by atoms with E-state index in [-0.39, 0.29) is 12.1 Å². The molecule has 148 valence electrons. The molecule has 28 heavy (non-hydrogen) atoms. The summed E-state index contributed by atoms with van der Waals surface area (Å²) < 4.78 is 17.5. The Kier molecular flexibility index (Phi) is 7.89. The maximum absolute atomic E-state index is 11.7. The summed E-state index contributed by atoms with van der Waals surface area (Å²) >= 11 is 3.28. The van der Waals surface area contributed by atoms with Crippen LogP contribution in [0.25, 0.3) is 0 Å². The average Bonchev–Trinajstić information content (AvgIpc) is 2.70. The van der Waals surface area contributed by atoms with Crippen LogP contribution in [0.3, 0.4) is 0 Å². The lowest BCUT2D eigenvalue weighted by atomic mass is 10.1. The second kappa shape index (κ2) is 10.6. The molecule has 0 bridgehead atoms. The third-order valence-electron chi connectivity index (χ3n) is 3.99. The molecule has 1 aliphatic heterocycles. The fourth-order valence-electron chi connectivity index (χ4n) is 2.83. The monoisotopic (exact) mass is 416 g/mol. The van der Waals surface area contributed by atoms with Gasteiger partial charge in [-0.2, -0.15) is 0 Å². The van der Waals surface area contributed by atoms with Crippen molar-refractivity contribution in [3.8, 4) is 0 Å². The van der Waals surface area contributed by atoms with Crippen LogP contribution < -0.4 is 0 Å². The molecule has 1 heterocycles. The van der Waals surface area contributed by atoms with Crippen LogP contribution in [0.1, 0.15) is 20.3 Å². The molecule has 0 amide bonds. The van der Waals surface area contributed by atoms with Crippen molar-refractivity contribution in [2.75, 3.05) is 12.4 Å². The zero-order chi connectivity index (χ0) is 19.8.